The quantitative estimate of drug-likeness (QED) is 0.769. The fraction of sp³-hybridized carbons (Fsp3) is 0.400. The van der Waals surface area contributed by atoms with Crippen molar-refractivity contribution in [1.29, 1.82) is 0 Å². The van der Waals surface area contributed by atoms with Crippen LogP contribution in [0.15, 0.2) is 18.2 Å². The van der Waals surface area contributed by atoms with Crippen LogP contribution < -0.4 is 4.74 Å². The number of rotatable bonds is 4. The van der Waals surface area contributed by atoms with E-state index in [0.717, 1.165) is 0 Å². The van der Waals surface area contributed by atoms with Gasteiger partial charge < -0.3 is 14.9 Å². The summed E-state index contributed by atoms with van der Waals surface area (Å²) in [5, 5.41) is 17.6. The van der Waals surface area contributed by atoms with Gasteiger partial charge in [0.1, 0.15) is 18.2 Å². The fourth-order valence-corrected chi connectivity index (χ4v) is 1.10. The van der Waals surface area contributed by atoms with Crippen molar-refractivity contribution in [3.63, 3.8) is 0 Å². The van der Waals surface area contributed by atoms with Crippen molar-refractivity contribution in [3.05, 3.63) is 29.6 Å². The van der Waals surface area contributed by atoms with Crippen LogP contribution in [0.3, 0.4) is 0 Å². The maximum atomic E-state index is 13.2. The van der Waals surface area contributed by atoms with Gasteiger partial charge in [-0.05, 0) is 19.1 Å². The van der Waals surface area contributed by atoms with Crippen LogP contribution in [0.1, 0.15) is 18.6 Å². The molecule has 0 heterocycles. The molecular formula is C10H13FO3. The lowest BCUT2D eigenvalue weighted by molar-refractivity contribution is 0.191. The van der Waals surface area contributed by atoms with E-state index < -0.39 is 11.9 Å². The molecule has 1 aromatic carbocycles. The van der Waals surface area contributed by atoms with E-state index in [0.29, 0.717) is 5.75 Å². The summed E-state index contributed by atoms with van der Waals surface area (Å²) in [4.78, 5) is 0. The van der Waals surface area contributed by atoms with Gasteiger partial charge >= 0.3 is 0 Å². The SMILES string of the molecule is C[C@H](O)c1ccc(OCCO)cc1F. The van der Waals surface area contributed by atoms with Crippen molar-refractivity contribution in [2.75, 3.05) is 13.2 Å². The first-order valence-corrected chi connectivity index (χ1v) is 4.36. The number of hydrogen-bond donors (Lipinski definition) is 2. The van der Waals surface area contributed by atoms with E-state index in [1.165, 1.54) is 19.1 Å². The third-order valence-corrected chi connectivity index (χ3v) is 1.78. The van der Waals surface area contributed by atoms with Crippen LogP contribution in [0.5, 0.6) is 5.75 Å². The van der Waals surface area contributed by atoms with Gasteiger partial charge in [-0.1, -0.05) is 0 Å². The smallest absolute Gasteiger partial charge is 0.132 e. The monoisotopic (exact) mass is 200 g/mol. The van der Waals surface area contributed by atoms with Crippen molar-refractivity contribution in [2.45, 2.75) is 13.0 Å². The highest BCUT2D eigenvalue weighted by Gasteiger charge is 2.08. The van der Waals surface area contributed by atoms with E-state index in [9.17, 15) is 4.39 Å². The molecule has 0 aromatic heterocycles. The highest BCUT2D eigenvalue weighted by atomic mass is 19.1. The van der Waals surface area contributed by atoms with Gasteiger partial charge in [-0.25, -0.2) is 4.39 Å². The predicted octanol–water partition coefficient (Wildman–Crippen LogP) is 1.25. The topological polar surface area (TPSA) is 49.7 Å². The Kier molecular flexibility index (Phi) is 3.85. The average Bonchev–Trinajstić information content (AvgIpc) is 2.14. The molecule has 0 saturated heterocycles. The molecule has 4 heteroatoms. The Labute approximate surface area is 81.8 Å². The minimum atomic E-state index is -0.832. The molecule has 0 spiro atoms. The molecule has 0 aliphatic rings. The van der Waals surface area contributed by atoms with Crippen molar-refractivity contribution >= 4 is 0 Å². The molecule has 0 radical (unpaired) electrons. The summed E-state index contributed by atoms with van der Waals surface area (Å²) in [5.41, 5.74) is 0.237. The minimum Gasteiger partial charge on any atom is -0.491 e. The lowest BCUT2D eigenvalue weighted by Gasteiger charge is -2.08. The predicted molar refractivity (Wildman–Crippen MR) is 49.6 cm³/mol. The van der Waals surface area contributed by atoms with Crippen LogP contribution in [0, 0.1) is 5.82 Å². The molecule has 1 aromatic rings. The zero-order chi connectivity index (χ0) is 10.6. The molecule has 14 heavy (non-hydrogen) atoms. The molecule has 2 N–H and O–H groups in total. The Hall–Kier alpha value is -1.13. The van der Waals surface area contributed by atoms with Gasteiger partial charge in [-0.2, -0.15) is 0 Å². The minimum absolute atomic E-state index is 0.111. The zero-order valence-corrected chi connectivity index (χ0v) is 7.90. The highest BCUT2D eigenvalue weighted by molar-refractivity contribution is 5.29. The first-order valence-electron chi connectivity index (χ1n) is 4.36. The molecule has 0 bridgehead atoms. The van der Waals surface area contributed by atoms with Crippen LogP contribution in [-0.4, -0.2) is 23.4 Å². The Bertz CT molecular complexity index is 299. The van der Waals surface area contributed by atoms with Gasteiger partial charge in [0.05, 0.1) is 12.7 Å². The molecule has 0 aliphatic carbocycles. The number of benzene rings is 1. The van der Waals surface area contributed by atoms with Gasteiger partial charge in [0.2, 0.25) is 0 Å². The van der Waals surface area contributed by atoms with Crippen molar-refractivity contribution in [1.82, 2.24) is 0 Å². The van der Waals surface area contributed by atoms with Crippen LogP contribution in [0.4, 0.5) is 4.39 Å². The standard InChI is InChI=1S/C10H13FO3/c1-7(13)9-3-2-8(6-10(9)11)14-5-4-12/h2-3,6-7,12-13H,4-5H2,1H3/t7-/m0/s1. The number of halogens is 1. The van der Waals surface area contributed by atoms with Gasteiger partial charge in [0, 0.05) is 11.6 Å². The number of aliphatic hydroxyl groups is 2. The summed E-state index contributed by atoms with van der Waals surface area (Å²) in [5.74, 6) is -0.156. The normalized spacial score (nSPS) is 12.6. The number of aliphatic hydroxyl groups excluding tert-OH is 2. The molecule has 1 rings (SSSR count). The van der Waals surface area contributed by atoms with E-state index in [2.05, 4.69) is 0 Å². The Morgan fingerprint density at radius 2 is 2.21 bits per heavy atom. The first kappa shape index (κ1) is 10.9. The maximum Gasteiger partial charge on any atom is 0.132 e. The summed E-state index contributed by atoms with van der Waals surface area (Å²) in [6.07, 6.45) is -0.832. The van der Waals surface area contributed by atoms with Crippen LogP contribution >= 0.6 is 0 Å². The second-order valence-corrected chi connectivity index (χ2v) is 2.93. The third-order valence-electron chi connectivity index (χ3n) is 1.78. The Balaban J connectivity index is 2.78. The molecule has 0 saturated carbocycles. The fourth-order valence-electron chi connectivity index (χ4n) is 1.10. The van der Waals surface area contributed by atoms with Gasteiger partial charge in [-0.3, -0.25) is 0 Å². The summed E-state index contributed by atoms with van der Waals surface area (Å²) >= 11 is 0. The van der Waals surface area contributed by atoms with E-state index >= 15 is 0 Å². The lowest BCUT2D eigenvalue weighted by atomic mass is 10.1. The van der Waals surface area contributed by atoms with Gasteiger partial charge in [0.15, 0.2) is 0 Å². The number of hydrogen-bond acceptors (Lipinski definition) is 3. The van der Waals surface area contributed by atoms with E-state index in [-0.39, 0.29) is 18.8 Å². The Morgan fingerprint density at radius 3 is 2.71 bits per heavy atom. The van der Waals surface area contributed by atoms with E-state index in [4.69, 9.17) is 14.9 Å². The molecule has 0 aliphatic heterocycles. The largest absolute Gasteiger partial charge is 0.491 e. The molecule has 3 nitrogen and oxygen atoms in total. The van der Waals surface area contributed by atoms with Crippen molar-refractivity contribution < 1.29 is 19.3 Å². The average molecular weight is 200 g/mol. The molecule has 0 amide bonds. The summed E-state index contributed by atoms with van der Waals surface area (Å²) < 4.78 is 18.2. The molecule has 1 atom stereocenters. The summed E-state index contributed by atoms with van der Waals surface area (Å²) in [7, 11) is 0. The van der Waals surface area contributed by atoms with Crippen LogP contribution in [0.25, 0.3) is 0 Å². The van der Waals surface area contributed by atoms with Crippen LogP contribution in [0.2, 0.25) is 0 Å². The first-order chi connectivity index (χ1) is 6.65. The highest BCUT2D eigenvalue weighted by Crippen LogP contribution is 2.21. The molecule has 78 valence electrons. The Morgan fingerprint density at radius 1 is 1.50 bits per heavy atom. The third kappa shape index (κ3) is 2.68. The second kappa shape index (κ2) is 4.93. The molecule has 0 unspecified atom stereocenters. The van der Waals surface area contributed by atoms with Gasteiger partial charge in [-0.15, -0.1) is 0 Å². The molecular weight excluding hydrogens is 187 g/mol. The second-order valence-electron chi connectivity index (χ2n) is 2.93. The maximum absolute atomic E-state index is 13.2. The number of ether oxygens (including phenoxy) is 1. The van der Waals surface area contributed by atoms with E-state index in [1.807, 2.05) is 0 Å². The van der Waals surface area contributed by atoms with E-state index in [1.54, 1.807) is 6.07 Å². The summed E-state index contributed by atoms with van der Waals surface area (Å²) in [6, 6.07) is 4.21. The van der Waals surface area contributed by atoms with Gasteiger partial charge in [0.25, 0.3) is 0 Å². The lowest BCUT2D eigenvalue weighted by Crippen LogP contribution is -2.03. The summed E-state index contributed by atoms with van der Waals surface area (Å²) in [6.45, 7) is 1.51. The zero-order valence-electron chi connectivity index (χ0n) is 7.90. The van der Waals surface area contributed by atoms with Crippen molar-refractivity contribution in [2.24, 2.45) is 0 Å². The van der Waals surface area contributed by atoms with Crippen molar-refractivity contribution in [3.8, 4) is 5.75 Å². The molecule has 0 fully saturated rings. The van der Waals surface area contributed by atoms with Crippen LogP contribution in [-0.2, 0) is 0 Å².